The molecule has 84 valence electrons. The first-order valence-corrected chi connectivity index (χ1v) is 18.5. The molecule has 15 heavy (non-hydrogen) atoms. The van der Waals surface area contributed by atoms with E-state index in [1.807, 2.05) is 0 Å². The van der Waals surface area contributed by atoms with Crippen LogP contribution in [0.2, 0.25) is 27.9 Å². The molecular weight excluding hydrogens is 303 g/mol. The maximum absolute atomic E-state index is 3.52. The number of hydrogen-bond acceptors (Lipinski definition) is 0. The summed E-state index contributed by atoms with van der Waals surface area (Å²) in [5, 5.41) is 0. The zero-order valence-corrected chi connectivity index (χ0v) is 15.4. The third kappa shape index (κ3) is 10.4. The molecule has 0 aliphatic carbocycles. The van der Waals surface area contributed by atoms with Crippen molar-refractivity contribution in [2.45, 2.75) is 48.7 Å². The van der Waals surface area contributed by atoms with Gasteiger partial charge in [0.25, 0.3) is 0 Å². The van der Waals surface area contributed by atoms with Crippen molar-refractivity contribution in [3.63, 3.8) is 0 Å². The van der Waals surface area contributed by atoms with Crippen molar-refractivity contribution in [2.24, 2.45) is 5.41 Å². The standard InChI is InChI=1S/C10H15Si.3CH3.Sn/c1-7-11(5,6)9-8-10(2,3)4;;;;/h2-6H3;3*1H3;. The first-order valence-electron chi connectivity index (χ1n) is 5.50. The average molecular weight is 327 g/mol. The summed E-state index contributed by atoms with van der Waals surface area (Å²) in [6, 6.07) is 0. The Bertz CT molecular complexity index is 297. The van der Waals surface area contributed by atoms with Gasteiger partial charge in [0.2, 0.25) is 0 Å². The summed E-state index contributed by atoms with van der Waals surface area (Å²) in [5.41, 5.74) is 7.01. The van der Waals surface area contributed by atoms with E-state index in [2.05, 4.69) is 69.6 Å². The fourth-order valence-electron chi connectivity index (χ4n) is 0.719. The molecule has 0 spiro atoms. The molecule has 0 aliphatic rings. The van der Waals surface area contributed by atoms with Crippen LogP contribution < -0.4 is 0 Å². The van der Waals surface area contributed by atoms with Crippen LogP contribution in [0.25, 0.3) is 0 Å². The second-order valence-electron chi connectivity index (χ2n) is 6.62. The third-order valence-corrected chi connectivity index (χ3v) is 6.21. The van der Waals surface area contributed by atoms with Gasteiger partial charge in [0.1, 0.15) is 0 Å². The van der Waals surface area contributed by atoms with Crippen LogP contribution in [-0.4, -0.2) is 26.5 Å². The Morgan fingerprint density at radius 1 is 0.933 bits per heavy atom. The van der Waals surface area contributed by atoms with Crippen molar-refractivity contribution < 1.29 is 0 Å². The molecule has 0 rings (SSSR count). The molecule has 0 bridgehead atoms. The van der Waals surface area contributed by atoms with E-state index in [1.165, 1.54) is 0 Å². The van der Waals surface area contributed by atoms with Crippen LogP contribution in [0.4, 0.5) is 0 Å². The van der Waals surface area contributed by atoms with E-state index in [1.54, 1.807) is 0 Å². The molecule has 0 saturated heterocycles. The third-order valence-electron chi connectivity index (χ3n) is 1.50. The van der Waals surface area contributed by atoms with Crippen molar-refractivity contribution in [1.29, 1.82) is 0 Å². The van der Waals surface area contributed by atoms with Crippen molar-refractivity contribution in [2.75, 3.05) is 0 Å². The van der Waals surface area contributed by atoms with E-state index in [0.717, 1.165) is 0 Å². The van der Waals surface area contributed by atoms with Gasteiger partial charge in [-0.3, -0.25) is 0 Å². The van der Waals surface area contributed by atoms with Gasteiger partial charge in [0.15, 0.2) is 0 Å². The van der Waals surface area contributed by atoms with Gasteiger partial charge in [-0.2, -0.15) is 0 Å². The van der Waals surface area contributed by atoms with Crippen molar-refractivity contribution >= 4 is 26.5 Å². The molecule has 0 heterocycles. The molecule has 0 fully saturated rings. The molecule has 0 aromatic heterocycles. The van der Waals surface area contributed by atoms with Crippen LogP contribution in [0.15, 0.2) is 0 Å². The fraction of sp³-hybridized carbons (Fsp3) is 0.692. The van der Waals surface area contributed by atoms with E-state index in [9.17, 15) is 0 Å². The number of rotatable bonds is 0. The first-order chi connectivity index (χ1) is 6.41. The first kappa shape index (κ1) is 15.1. The van der Waals surface area contributed by atoms with E-state index in [0.29, 0.717) is 0 Å². The SMILES string of the molecule is CC(C)(C)C#C[Si](C)(C)C#[C][Sn]([CH3])([CH3])[CH3]. The Balaban J connectivity index is 4.82. The summed E-state index contributed by atoms with van der Waals surface area (Å²) in [7, 11) is -1.59. The van der Waals surface area contributed by atoms with Gasteiger partial charge in [0.05, 0.1) is 0 Å². The van der Waals surface area contributed by atoms with E-state index < -0.39 is 26.5 Å². The fourth-order valence-corrected chi connectivity index (χ4v) is 8.04. The van der Waals surface area contributed by atoms with E-state index in [4.69, 9.17) is 0 Å². The second-order valence-corrected chi connectivity index (χ2v) is 23.9. The molecule has 0 unspecified atom stereocenters. The van der Waals surface area contributed by atoms with Crippen LogP contribution >= 0.6 is 0 Å². The molecule has 0 nitrogen and oxygen atoms in total. The summed E-state index contributed by atoms with van der Waals surface area (Å²) in [6.07, 6.45) is 0. The van der Waals surface area contributed by atoms with Crippen molar-refractivity contribution in [3.8, 4) is 20.9 Å². The molecule has 0 radical (unpaired) electrons. The Morgan fingerprint density at radius 3 is 1.73 bits per heavy atom. The summed E-state index contributed by atoms with van der Waals surface area (Å²) < 4.78 is 3.52. The summed E-state index contributed by atoms with van der Waals surface area (Å²) in [6.45, 7) is 11.0. The van der Waals surface area contributed by atoms with E-state index >= 15 is 0 Å². The molecule has 2 heteroatoms. The van der Waals surface area contributed by atoms with Gasteiger partial charge >= 0.3 is 101 Å². The predicted molar refractivity (Wildman–Crippen MR) is 75.8 cm³/mol. The Kier molecular flexibility index (Phi) is 5.02. The van der Waals surface area contributed by atoms with Crippen LogP contribution in [0.1, 0.15) is 20.8 Å². The zero-order valence-electron chi connectivity index (χ0n) is 11.5. The maximum atomic E-state index is 3.52. The Hall–Kier alpha value is 0.136. The van der Waals surface area contributed by atoms with Crippen molar-refractivity contribution in [1.82, 2.24) is 0 Å². The summed E-state index contributed by atoms with van der Waals surface area (Å²) >= 11 is -1.92. The molecule has 0 aromatic rings. The quantitative estimate of drug-likeness (QED) is 0.470. The monoisotopic (exact) mass is 328 g/mol. The Labute approximate surface area is 101 Å². The number of hydrogen-bond donors (Lipinski definition) is 0. The predicted octanol–water partition coefficient (Wildman–Crippen LogP) is 3.70. The molecule has 0 amide bonds. The Morgan fingerprint density at radius 2 is 1.40 bits per heavy atom. The second kappa shape index (κ2) is 4.98. The van der Waals surface area contributed by atoms with Gasteiger partial charge in [0, 0.05) is 0 Å². The van der Waals surface area contributed by atoms with Crippen molar-refractivity contribution in [3.05, 3.63) is 0 Å². The van der Waals surface area contributed by atoms with Gasteiger partial charge in [-0.05, 0) is 0 Å². The van der Waals surface area contributed by atoms with Crippen LogP contribution in [-0.2, 0) is 0 Å². The summed E-state index contributed by atoms with van der Waals surface area (Å²) in [5.74, 6) is 3.33. The van der Waals surface area contributed by atoms with Crippen LogP contribution in [0.5, 0.6) is 0 Å². The topological polar surface area (TPSA) is 0 Å². The molecule has 0 saturated carbocycles. The molecule has 0 aromatic carbocycles. The molecule has 0 atom stereocenters. The minimum atomic E-state index is -1.92. The summed E-state index contributed by atoms with van der Waals surface area (Å²) in [4.78, 5) is 7.05. The average Bonchev–Trinajstić information content (AvgIpc) is 1.96. The van der Waals surface area contributed by atoms with Crippen LogP contribution in [0.3, 0.4) is 0 Å². The molecule has 0 aliphatic heterocycles. The van der Waals surface area contributed by atoms with Crippen LogP contribution in [0, 0.1) is 26.4 Å². The molecule has 0 N–H and O–H groups in total. The van der Waals surface area contributed by atoms with Gasteiger partial charge < -0.3 is 0 Å². The molecular formula is C13H24SiSn. The van der Waals surface area contributed by atoms with Gasteiger partial charge in [-0.1, -0.05) is 0 Å². The minimum absolute atomic E-state index is 0.108. The zero-order chi connectivity index (χ0) is 12.3. The van der Waals surface area contributed by atoms with Gasteiger partial charge in [-0.25, -0.2) is 0 Å². The van der Waals surface area contributed by atoms with E-state index in [-0.39, 0.29) is 5.41 Å². The van der Waals surface area contributed by atoms with Gasteiger partial charge in [-0.15, -0.1) is 0 Å². The normalized spacial score (nSPS) is 12.3.